The van der Waals surface area contributed by atoms with Crippen LogP contribution in [-0.4, -0.2) is 131 Å². The van der Waals surface area contributed by atoms with E-state index in [4.69, 9.17) is 23.7 Å². The SMILES string of the molecule is CO[C@@H]1C[C@H](C[C@@H](C)[C@@H]2CC(=O)[C@H](C)C=C(C)[C@@H](O)[C@@H](OC)C(=O)[C@H](C)C[C@H](C)C=CC=CC=C(C)[C@@H](OC3CC3)C[C@@H]3CC[C@@H](C)[C@@](O)(O3)C(=O)C(=O)N3CCCC[C@H]3C(=O)O2)CC[C@H]1O. The molecule has 2 aliphatic carbocycles. The Hall–Kier alpha value is -3.37. The molecular weight excluding hydrogens is 859 g/mol. The molecule has 3 N–H and O–H groups in total. The van der Waals surface area contributed by atoms with E-state index in [0.717, 1.165) is 24.8 Å². The van der Waals surface area contributed by atoms with Crippen molar-refractivity contribution in [1.82, 2.24) is 4.90 Å². The van der Waals surface area contributed by atoms with Crippen LogP contribution >= 0.6 is 0 Å². The van der Waals surface area contributed by atoms with E-state index in [2.05, 4.69) is 0 Å². The topological polar surface area (TPSA) is 195 Å². The third kappa shape index (κ3) is 14.6. The van der Waals surface area contributed by atoms with Crippen LogP contribution in [0.3, 0.4) is 0 Å². The molecule has 0 aromatic heterocycles. The highest BCUT2D eigenvalue weighted by atomic mass is 16.6. The lowest BCUT2D eigenvalue weighted by Gasteiger charge is -2.43. The zero-order chi connectivity index (χ0) is 49.2. The van der Waals surface area contributed by atoms with E-state index in [1.165, 1.54) is 12.0 Å². The van der Waals surface area contributed by atoms with E-state index in [1.807, 2.05) is 58.1 Å². The summed E-state index contributed by atoms with van der Waals surface area (Å²) in [5.41, 5.74) is 1.33. The number of hydrogen-bond donors (Lipinski definition) is 3. The Labute approximate surface area is 398 Å². The molecule has 0 radical (unpaired) electrons. The first-order chi connectivity index (χ1) is 31.8. The van der Waals surface area contributed by atoms with E-state index < -0.39 is 77.8 Å². The number of cyclic esters (lactones) is 1. The maximum Gasteiger partial charge on any atom is 0.329 e. The quantitative estimate of drug-likeness (QED) is 0.139. The number of amides is 1. The zero-order valence-corrected chi connectivity index (χ0v) is 41.6. The summed E-state index contributed by atoms with van der Waals surface area (Å²) in [6.45, 7) is 12.9. The molecule has 2 saturated heterocycles. The van der Waals surface area contributed by atoms with Gasteiger partial charge in [-0.3, -0.25) is 19.2 Å². The van der Waals surface area contributed by atoms with E-state index in [-0.39, 0.29) is 67.0 Å². The maximum atomic E-state index is 14.4. The number of fused-ring (bicyclic) bond motifs is 3. The third-order valence-electron chi connectivity index (χ3n) is 15.1. The molecule has 14 heteroatoms. The molecule has 14 nitrogen and oxygen atoms in total. The van der Waals surface area contributed by atoms with Crippen LogP contribution in [0.15, 0.2) is 47.6 Å². The van der Waals surface area contributed by atoms with Crippen molar-refractivity contribution in [3.63, 3.8) is 0 Å². The summed E-state index contributed by atoms with van der Waals surface area (Å²) >= 11 is 0. The van der Waals surface area contributed by atoms with Crippen molar-refractivity contribution >= 4 is 29.2 Å². The Balaban J connectivity index is 1.47. The zero-order valence-electron chi connectivity index (χ0n) is 41.6. The second-order valence-electron chi connectivity index (χ2n) is 20.7. The number of allylic oxidation sites excluding steroid dienone is 6. The highest BCUT2D eigenvalue weighted by Crippen LogP contribution is 2.39. The van der Waals surface area contributed by atoms with Crippen LogP contribution in [0.1, 0.15) is 138 Å². The van der Waals surface area contributed by atoms with Crippen molar-refractivity contribution in [2.24, 2.45) is 35.5 Å². The monoisotopic (exact) mass is 940 g/mol. The molecule has 15 atom stereocenters. The van der Waals surface area contributed by atoms with Gasteiger partial charge >= 0.3 is 5.97 Å². The van der Waals surface area contributed by atoms with Crippen molar-refractivity contribution in [3.8, 4) is 0 Å². The van der Waals surface area contributed by atoms with E-state index >= 15 is 0 Å². The number of aliphatic hydroxyl groups excluding tert-OH is 2. The van der Waals surface area contributed by atoms with Crippen LogP contribution in [0.2, 0.25) is 0 Å². The molecule has 3 heterocycles. The maximum absolute atomic E-state index is 14.4. The number of nitrogens with zero attached hydrogens (tertiary/aromatic N) is 1. The third-order valence-corrected chi connectivity index (χ3v) is 15.1. The molecule has 376 valence electrons. The molecule has 5 aliphatic rings. The van der Waals surface area contributed by atoms with E-state index in [1.54, 1.807) is 34.0 Å². The second-order valence-corrected chi connectivity index (χ2v) is 20.7. The number of Topliss-reactive ketones (excluding diaryl/α,β-unsaturated/α-hetero) is 3. The Morgan fingerprint density at radius 2 is 1.58 bits per heavy atom. The molecule has 0 aromatic rings. The number of hydrogen-bond acceptors (Lipinski definition) is 13. The lowest BCUT2D eigenvalue weighted by atomic mass is 9.78. The lowest BCUT2D eigenvalue weighted by molar-refractivity contribution is -0.266. The summed E-state index contributed by atoms with van der Waals surface area (Å²) < 4.78 is 30.1. The van der Waals surface area contributed by atoms with Gasteiger partial charge in [-0.25, -0.2) is 4.79 Å². The molecule has 1 amide bonds. The van der Waals surface area contributed by atoms with E-state index in [0.29, 0.717) is 63.4 Å². The number of ether oxygens (including phenoxy) is 5. The van der Waals surface area contributed by atoms with Crippen LogP contribution < -0.4 is 0 Å². The number of rotatable bonds is 7. The summed E-state index contributed by atoms with van der Waals surface area (Å²) in [4.78, 5) is 72.2. The summed E-state index contributed by atoms with van der Waals surface area (Å²) in [5.74, 6) is -7.89. The fraction of sp³-hybridized carbons (Fsp3) is 0.755. The number of aliphatic hydroxyl groups is 3. The van der Waals surface area contributed by atoms with Gasteiger partial charge in [0.1, 0.15) is 30.1 Å². The predicted molar refractivity (Wildman–Crippen MR) is 252 cm³/mol. The Morgan fingerprint density at radius 1 is 0.851 bits per heavy atom. The average molecular weight is 940 g/mol. The Kier molecular flexibility index (Phi) is 20.3. The molecule has 0 unspecified atom stereocenters. The van der Waals surface area contributed by atoms with Crippen LogP contribution in [0.5, 0.6) is 0 Å². The number of carbonyl (C=O) groups excluding carboxylic acids is 5. The van der Waals surface area contributed by atoms with Crippen LogP contribution in [0, 0.1) is 35.5 Å². The van der Waals surface area contributed by atoms with Crippen LogP contribution in [-0.2, 0) is 47.7 Å². The fourth-order valence-electron chi connectivity index (χ4n) is 10.4. The Bertz CT molecular complexity index is 1840. The van der Waals surface area contributed by atoms with Crippen molar-refractivity contribution in [2.45, 2.75) is 199 Å². The van der Waals surface area contributed by atoms with Crippen LogP contribution in [0.4, 0.5) is 0 Å². The normalized spacial score (nSPS) is 38.2. The van der Waals surface area contributed by atoms with Gasteiger partial charge in [-0.2, -0.15) is 0 Å². The summed E-state index contributed by atoms with van der Waals surface area (Å²) in [5, 5.41) is 34.0. The predicted octanol–water partition coefficient (Wildman–Crippen LogP) is 6.71. The van der Waals surface area contributed by atoms with Gasteiger partial charge in [-0.1, -0.05) is 71.1 Å². The van der Waals surface area contributed by atoms with Crippen molar-refractivity contribution in [1.29, 1.82) is 0 Å². The average Bonchev–Trinajstić information content (AvgIpc) is 4.13. The summed E-state index contributed by atoms with van der Waals surface area (Å²) in [6, 6.07) is -1.14. The minimum atomic E-state index is -2.42. The molecule has 67 heavy (non-hydrogen) atoms. The number of esters is 1. The van der Waals surface area contributed by atoms with Gasteiger partial charge < -0.3 is 43.9 Å². The molecule has 2 saturated carbocycles. The van der Waals surface area contributed by atoms with Crippen molar-refractivity contribution in [3.05, 3.63) is 47.6 Å². The second kappa shape index (κ2) is 25.0. The molecule has 0 spiro atoms. The van der Waals surface area contributed by atoms with Gasteiger partial charge in [0.05, 0.1) is 30.5 Å². The number of methoxy groups -OCH3 is 2. The van der Waals surface area contributed by atoms with Crippen molar-refractivity contribution < 1.29 is 63.0 Å². The molecule has 4 fully saturated rings. The molecule has 3 aliphatic heterocycles. The van der Waals surface area contributed by atoms with Gasteiger partial charge in [0.15, 0.2) is 5.78 Å². The highest BCUT2D eigenvalue weighted by Gasteiger charge is 2.53. The van der Waals surface area contributed by atoms with Crippen LogP contribution in [0.25, 0.3) is 0 Å². The van der Waals surface area contributed by atoms with E-state index in [9.17, 15) is 39.3 Å². The summed E-state index contributed by atoms with van der Waals surface area (Å²) in [7, 11) is 2.95. The fourth-order valence-corrected chi connectivity index (χ4v) is 10.4. The number of piperidine rings is 1. The van der Waals surface area contributed by atoms with Gasteiger partial charge in [0, 0.05) is 51.4 Å². The number of carbonyl (C=O) groups is 5. The minimum Gasteiger partial charge on any atom is -0.460 e. The lowest BCUT2D eigenvalue weighted by Crippen LogP contribution is -2.61. The first kappa shape index (κ1) is 54.6. The Morgan fingerprint density at radius 3 is 2.27 bits per heavy atom. The van der Waals surface area contributed by atoms with Gasteiger partial charge in [0.2, 0.25) is 5.79 Å². The largest absolute Gasteiger partial charge is 0.460 e. The summed E-state index contributed by atoms with van der Waals surface area (Å²) in [6.07, 6.45) is 13.5. The molecule has 5 rings (SSSR count). The van der Waals surface area contributed by atoms with Gasteiger partial charge in [-0.15, -0.1) is 0 Å². The van der Waals surface area contributed by atoms with Crippen molar-refractivity contribution in [2.75, 3.05) is 20.8 Å². The molecular formula is C53H81NO13. The first-order valence-corrected chi connectivity index (χ1v) is 25.1. The standard InChI is InChI=1S/C53H81NO13/c1-31-15-11-10-12-16-32(2)44(65-39-21-22-39)29-40-20-18-37(7)53(62,67-40)50(59)51(60)54-24-14-13-17-41(54)52(61)66-45(34(4)27-38-19-23-42(55)46(28-38)63-8)30-43(56)33(3)26-36(6)48(58)49(64-9)47(57)35(5)25-31/h10-12,15-16,26,31,33-35,37-42,44-46,48-49,55,58,62H,13-14,17-25,27-30H2,1-9H3/t31-,33-,34-,35-,37-,38+,40+,41+,42-,44+,45+,46-,48-,49+,53-/m1/s1. The first-order valence-electron chi connectivity index (χ1n) is 25.1. The molecule has 2 bridgehead atoms. The highest BCUT2D eigenvalue weighted by molar-refractivity contribution is 6.39. The number of ketones is 3. The van der Waals surface area contributed by atoms with Gasteiger partial charge in [-0.05, 0) is 120 Å². The smallest absolute Gasteiger partial charge is 0.329 e. The minimum absolute atomic E-state index is 0.0232. The van der Waals surface area contributed by atoms with Gasteiger partial charge in [0.25, 0.3) is 11.7 Å². The molecule has 0 aromatic carbocycles.